The maximum Gasteiger partial charge on any atom is 0.290 e. The standard InChI is InChI=1S/C17H24Cl2N2O2.CH2O2/c1-2-7-23-16-9-12(4-6-15(16)20)17(22)21-10-11-3-5-13(18)14(19)8-11;2-1-3/h3,5,8,12,15-16H,2,4,6-7,9-10,20H2,1H3,(H,21,22);1H,(H,2,3)/t12-,15+,16+;/m0./s1. The molecular formula is C18H26Cl2N2O4. The lowest BCUT2D eigenvalue weighted by Gasteiger charge is -2.33. The third kappa shape index (κ3) is 7.50. The van der Waals surface area contributed by atoms with E-state index in [0.29, 0.717) is 29.6 Å². The molecule has 26 heavy (non-hydrogen) atoms. The van der Waals surface area contributed by atoms with Gasteiger partial charge in [-0.3, -0.25) is 9.59 Å². The Labute approximate surface area is 164 Å². The van der Waals surface area contributed by atoms with Crippen molar-refractivity contribution >= 4 is 35.6 Å². The van der Waals surface area contributed by atoms with Crippen LogP contribution in [-0.4, -0.2) is 36.2 Å². The summed E-state index contributed by atoms with van der Waals surface area (Å²) in [5, 5.41) is 10.9. The van der Waals surface area contributed by atoms with Crippen molar-refractivity contribution in [3.63, 3.8) is 0 Å². The second kappa shape index (κ2) is 12.1. The number of carbonyl (C=O) groups is 2. The summed E-state index contributed by atoms with van der Waals surface area (Å²) < 4.78 is 5.78. The van der Waals surface area contributed by atoms with Crippen LogP contribution >= 0.6 is 23.2 Å². The second-order valence-corrected chi connectivity index (χ2v) is 6.97. The number of amides is 1. The molecule has 1 saturated carbocycles. The summed E-state index contributed by atoms with van der Waals surface area (Å²) in [4.78, 5) is 20.7. The quantitative estimate of drug-likeness (QED) is 0.631. The van der Waals surface area contributed by atoms with Crippen molar-refractivity contribution < 1.29 is 19.4 Å². The maximum atomic E-state index is 12.4. The summed E-state index contributed by atoms with van der Waals surface area (Å²) in [6, 6.07) is 5.40. The molecule has 3 atom stereocenters. The van der Waals surface area contributed by atoms with E-state index in [1.807, 2.05) is 6.07 Å². The molecule has 1 aromatic carbocycles. The zero-order valence-corrected chi connectivity index (χ0v) is 16.3. The first kappa shape index (κ1) is 22.7. The third-order valence-corrected chi connectivity index (χ3v) is 4.94. The lowest BCUT2D eigenvalue weighted by molar-refractivity contribution is -0.128. The summed E-state index contributed by atoms with van der Waals surface area (Å²) >= 11 is 11.9. The summed E-state index contributed by atoms with van der Waals surface area (Å²) in [6.45, 7) is 2.95. The van der Waals surface area contributed by atoms with Gasteiger partial charge in [0.2, 0.25) is 5.91 Å². The molecule has 1 aliphatic carbocycles. The highest BCUT2D eigenvalue weighted by Crippen LogP contribution is 2.27. The molecule has 0 unspecified atom stereocenters. The molecule has 8 heteroatoms. The number of carbonyl (C=O) groups excluding carboxylic acids is 1. The van der Waals surface area contributed by atoms with Gasteiger partial charge >= 0.3 is 0 Å². The normalized spacial score (nSPS) is 22.1. The Morgan fingerprint density at radius 2 is 2.08 bits per heavy atom. The predicted molar refractivity (Wildman–Crippen MR) is 102 cm³/mol. The Bertz CT molecular complexity index is 586. The molecule has 0 aliphatic heterocycles. The number of hydrogen-bond acceptors (Lipinski definition) is 4. The summed E-state index contributed by atoms with van der Waals surface area (Å²) in [5.74, 6) is 0.00694. The first-order valence-corrected chi connectivity index (χ1v) is 9.35. The molecule has 0 saturated heterocycles. The minimum Gasteiger partial charge on any atom is -0.483 e. The lowest BCUT2D eigenvalue weighted by Crippen LogP contribution is -2.45. The number of ether oxygens (including phenoxy) is 1. The fourth-order valence-electron chi connectivity index (χ4n) is 2.83. The van der Waals surface area contributed by atoms with Gasteiger partial charge in [0.25, 0.3) is 6.47 Å². The molecule has 6 nitrogen and oxygen atoms in total. The van der Waals surface area contributed by atoms with Crippen LogP contribution in [0.2, 0.25) is 10.0 Å². The van der Waals surface area contributed by atoms with Crippen molar-refractivity contribution in [3.05, 3.63) is 33.8 Å². The Hall–Kier alpha value is -1.34. The van der Waals surface area contributed by atoms with Crippen LogP contribution in [0.1, 0.15) is 38.2 Å². The Kier molecular flexibility index (Phi) is 10.6. The van der Waals surface area contributed by atoms with Gasteiger partial charge in [0.05, 0.1) is 16.1 Å². The molecule has 0 spiro atoms. The van der Waals surface area contributed by atoms with Crippen LogP contribution in [-0.2, 0) is 20.9 Å². The van der Waals surface area contributed by atoms with Crippen LogP contribution in [0, 0.1) is 5.92 Å². The van der Waals surface area contributed by atoms with Crippen LogP contribution < -0.4 is 11.1 Å². The number of hydrogen-bond donors (Lipinski definition) is 3. The highest BCUT2D eigenvalue weighted by atomic mass is 35.5. The van der Waals surface area contributed by atoms with Crippen molar-refractivity contribution in [3.8, 4) is 0 Å². The first-order chi connectivity index (χ1) is 12.4. The SMILES string of the molecule is CCCO[C@@H]1C[C@@H](C(=O)NCc2ccc(Cl)c(Cl)c2)CC[C@H]1N.O=CO. The number of benzene rings is 1. The highest BCUT2D eigenvalue weighted by Gasteiger charge is 2.32. The summed E-state index contributed by atoms with van der Waals surface area (Å²) in [5.41, 5.74) is 7.02. The van der Waals surface area contributed by atoms with Crippen molar-refractivity contribution in [1.29, 1.82) is 0 Å². The van der Waals surface area contributed by atoms with E-state index < -0.39 is 0 Å². The zero-order chi connectivity index (χ0) is 19.5. The molecule has 1 amide bonds. The van der Waals surface area contributed by atoms with E-state index in [1.54, 1.807) is 12.1 Å². The smallest absolute Gasteiger partial charge is 0.290 e. The minimum atomic E-state index is -0.250. The number of carboxylic acid groups (broad SMARTS) is 1. The Morgan fingerprint density at radius 3 is 2.69 bits per heavy atom. The molecule has 1 aliphatic rings. The monoisotopic (exact) mass is 404 g/mol. The molecule has 146 valence electrons. The first-order valence-electron chi connectivity index (χ1n) is 8.59. The molecule has 0 bridgehead atoms. The van der Waals surface area contributed by atoms with Gasteiger partial charge in [-0.15, -0.1) is 0 Å². The molecule has 0 aromatic heterocycles. The van der Waals surface area contributed by atoms with Gasteiger partial charge in [0.15, 0.2) is 0 Å². The molecular weight excluding hydrogens is 379 g/mol. The van der Waals surface area contributed by atoms with Crippen molar-refractivity contribution in [2.75, 3.05) is 6.61 Å². The van der Waals surface area contributed by atoms with Gasteiger partial charge < -0.3 is 20.9 Å². The average molecular weight is 405 g/mol. The molecule has 0 radical (unpaired) electrons. The van der Waals surface area contributed by atoms with Gasteiger partial charge in [-0.2, -0.15) is 0 Å². The highest BCUT2D eigenvalue weighted by molar-refractivity contribution is 6.42. The van der Waals surface area contributed by atoms with Crippen LogP contribution in [0.15, 0.2) is 18.2 Å². The Morgan fingerprint density at radius 1 is 1.38 bits per heavy atom. The topological polar surface area (TPSA) is 102 Å². The number of nitrogens with one attached hydrogen (secondary N) is 1. The van der Waals surface area contributed by atoms with Gasteiger partial charge in [0, 0.05) is 25.1 Å². The van der Waals surface area contributed by atoms with Crippen LogP contribution in [0.3, 0.4) is 0 Å². The number of rotatable bonds is 6. The molecule has 2 rings (SSSR count). The van der Waals surface area contributed by atoms with E-state index in [9.17, 15) is 4.79 Å². The predicted octanol–water partition coefficient (Wildman–Crippen LogP) is 3.23. The van der Waals surface area contributed by atoms with Gasteiger partial charge in [-0.25, -0.2) is 0 Å². The Balaban J connectivity index is 0.00000105. The minimum absolute atomic E-state index is 0.0237. The van der Waals surface area contributed by atoms with E-state index in [-0.39, 0.29) is 30.4 Å². The van der Waals surface area contributed by atoms with Crippen LogP contribution in [0.25, 0.3) is 0 Å². The van der Waals surface area contributed by atoms with Gasteiger partial charge in [0.1, 0.15) is 0 Å². The van der Waals surface area contributed by atoms with E-state index in [0.717, 1.165) is 24.8 Å². The maximum absolute atomic E-state index is 12.4. The molecule has 1 fully saturated rings. The summed E-state index contributed by atoms with van der Waals surface area (Å²) in [6.07, 6.45) is 3.25. The fourth-order valence-corrected chi connectivity index (χ4v) is 3.16. The fraction of sp³-hybridized carbons (Fsp3) is 0.556. The van der Waals surface area contributed by atoms with E-state index in [4.69, 9.17) is 43.6 Å². The van der Waals surface area contributed by atoms with Crippen LogP contribution in [0.5, 0.6) is 0 Å². The van der Waals surface area contributed by atoms with Crippen molar-refractivity contribution in [2.45, 2.75) is 51.3 Å². The average Bonchev–Trinajstić information content (AvgIpc) is 2.62. The zero-order valence-electron chi connectivity index (χ0n) is 14.8. The largest absolute Gasteiger partial charge is 0.483 e. The van der Waals surface area contributed by atoms with Crippen molar-refractivity contribution in [2.24, 2.45) is 11.7 Å². The van der Waals surface area contributed by atoms with E-state index >= 15 is 0 Å². The second-order valence-electron chi connectivity index (χ2n) is 6.15. The molecule has 4 N–H and O–H groups in total. The van der Waals surface area contributed by atoms with Gasteiger partial charge in [-0.05, 0) is 43.4 Å². The van der Waals surface area contributed by atoms with Crippen LogP contribution in [0.4, 0.5) is 0 Å². The number of nitrogens with two attached hydrogens (primary N) is 1. The van der Waals surface area contributed by atoms with E-state index in [2.05, 4.69) is 12.2 Å². The number of halogens is 2. The van der Waals surface area contributed by atoms with Gasteiger partial charge in [-0.1, -0.05) is 36.2 Å². The van der Waals surface area contributed by atoms with E-state index in [1.165, 1.54) is 0 Å². The summed E-state index contributed by atoms with van der Waals surface area (Å²) in [7, 11) is 0. The molecule has 0 heterocycles. The van der Waals surface area contributed by atoms with Crippen molar-refractivity contribution in [1.82, 2.24) is 5.32 Å². The lowest BCUT2D eigenvalue weighted by atomic mass is 9.83. The molecule has 1 aromatic rings. The third-order valence-electron chi connectivity index (χ3n) is 4.20.